The number of aryl methyl sites for hydroxylation is 2. The Balaban J connectivity index is 3.38. The third-order valence-electron chi connectivity index (χ3n) is 1.62. The normalized spacial score (nSPS) is 9.77. The highest BCUT2D eigenvalue weighted by atomic mass is 32.1. The molecule has 0 spiro atoms. The molecule has 0 bridgehead atoms. The molecule has 5 heteroatoms. The molecule has 0 aliphatic rings. The lowest BCUT2D eigenvalue weighted by atomic mass is 10.2. The molecule has 0 atom stereocenters. The highest BCUT2D eigenvalue weighted by Crippen LogP contribution is 2.07. The second kappa shape index (κ2) is 3.66. The molecule has 0 radical (unpaired) electrons. The Morgan fingerprint density at radius 1 is 1.54 bits per heavy atom. The van der Waals surface area contributed by atoms with E-state index in [0.29, 0.717) is 17.1 Å². The number of H-pyrrole nitrogens is 1. The molecule has 0 saturated heterocycles. The van der Waals surface area contributed by atoms with E-state index in [4.69, 9.17) is 12.2 Å². The number of hydrogen-bond donors (Lipinski definition) is 1. The van der Waals surface area contributed by atoms with Gasteiger partial charge in [0.1, 0.15) is 16.0 Å². The van der Waals surface area contributed by atoms with Gasteiger partial charge in [-0.05, 0) is 13.8 Å². The van der Waals surface area contributed by atoms with Crippen molar-refractivity contribution >= 4 is 18.2 Å². The molecule has 13 heavy (non-hydrogen) atoms. The Hall–Kier alpha value is -1.23. The third kappa shape index (κ3) is 1.92. The van der Waals surface area contributed by atoms with Crippen LogP contribution in [0, 0.1) is 18.5 Å². The van der Waals surface area contributed by atoms with Gasteiger partial charge >= 0.3 is 5.97 Å². The maximum Gasteiger partial charge on any atom is 0.342 e. The van der Waals surface area contributed by atoms with Crippen molar-refractivity contribution in [3.8, 4) is 0 Å². The van der Waals surface area contributed by atoms with Crippen LogP contribution in [0.15, 0.2) is 0 Å². The van der Waals surface area contributed by atoms with Gasteiger partial charge in [0.15, 0.2) is 0 Å². The van der Waals surface area contributed by atoms with Gasteiger partial charge in [0.05, 0.1) is 7.11 Å². The molecule has 0 fully saturated rings. The monoisotopic (exact) mass is 198 g/mol. The number of hydrogen-bond acceptors (Lipinski definition) is 4. The van der Waals surface area contributed by atoms with Gasteiger partial charge in [0.25, 0.3) is 0 Å². The van der Waals surface area contributed by atoms with Crippen LogP contribution in [0.4, 0.5) is 0 Å². The Morgan fingerprint density at radius 3 is 2.62 bits per heavy atom. The number of aromatic nitrogens is 2. The van der Waals surface area contributed by atoms with E-state index in [-0.39, 0.29) is 4.64 Å². The molecule has 1 rings (SSSR count). The van der Waals surface area contributed by atoms with Gasteiger partial charge in [0, 0.05) is 5.69 Å². The van der Waals surface area contributed by atoms with Crippen molar-refractivity contribution in [3.05, 3.63) is 21.7 Å². The van der Waals surface area contributed by atoms with Crippen LogP contribution < -0.4 is 0 Å². The number of aromatic amines is 1. The van der Waals surface area contributed by atoms with Crippen LogP contribution >= 0.6 is 12.2 Å². The zero-order valence-corrected chi connectivity index (χ0v) is 8.49. The minimum atomic E-state index is -0.453. The first-order valence-corrected chi connectivity index (χ1v) is 4.13. The summed E-state index contributed by atoms with van der Waals surface area (Å²) in [7, 11) is 1.32. The summed E-state index contributed by atoms with van der Waals surface area (Å²) in [6.07, 6.45) is 0. The second-order valence-electron chi connectivity index (χ2n) is 2.62. The molecule has 0 unspecified atom stereocenters. The summed E-state index contributed by atoms with van der Waals surface area (Å²) in [4.78, 5) is 18.1. The summed E-state index contributed by atoms with van der Waals surface area (Å²) in [5.41, 5.74) is 1.02. The number of nitrogens with zero attached hydrogens (tertiary/aromatic N) is 1. The van der Waals surface area contributed by atoms with Gasteiger partial charge in [-0.2, -0.15) is 0 Å². The lowest BCUT2D eigenvalue weighted by Crippen LogP contribution is -2.08. The van der Waals surface area contributed by atoms with Crippen LogP contribution in [-0.4, -0.2) is 23.0 Å². The number of ether oxygens (including phenoxy) is 1. The largest absolute Gasteiger partial charge is 0.465 e. The van der Waals surface area contributed by atoms with Gasteiger partial charge in [-0.1, -0.05) is 12.2 Å². The van der Waals surface area contributed by atoms with E-state index < -0.39 is 5.97 Å². The molecule has 0 amide bonds. The second-order valence-corrected chi connectivity index (χ2v) is 3.01. The molecule has 70 valence electrons. The zero-order chi connectivity index (χ0) is 10.0. The number of esters is 1. The van der Waals surface area contributed by atoms with Crippen LogP contribution in [0.3, 0.4) is 0 Å². The average Bonchev–Trinajstić information content (AvgIpc) is 2.02. The van der Waals surface area contributed by atoms with Crippen molar-refractivity contribution < 1.29 is 9.53 Å². The Kier molecular flexibility index (Phi) is 2.77. The number of rotatable bonds is 1. The SMILES string of the molecule is COC(=O)c1c(C)[nH]c(C)nc1=S. The van der Waals surface area contributed by atoms with E-state index in [1.165, 1.54) is 7.11 Å². The molecule has 0 saturated carbocycles. The van der Waals surface area contributed by atoms with Crippen LogP contribution in [0.25, 0.3) is 0 Å². The lowest BCUT2D eigenvalue weighted by molar-refractivity contribution is 0.0598. The Bertz CT molecular complexity index is 398. The summed E-state index contributed by atoms with van der Waals surface area (Å²) in [6, 6.07) is 0. The highest BCUT2D eigenvalue weighted by Gasteiger charge is 2.12. The predicted octanol–water partition coefficient (Wildman–Crippen LogP) is 1.54. The van der Waals surface area contributed by atoms with E-state index in [1.54, 1.807) is 13.8 Å². The molecule has 0 aliphatic carbocycles. The van der Waals surface area contributed by atoms with Crippen molar-refractivity contribution in [2.24, 2.45) is 0 Å². The average molecular weight is 198 g/mol. The molecule has 1 aromatic heterocycles. The van der Waals surface area contributed by atoms with E-state index >= 15 is 0 Å². The van der Waals surface area contributed by atoms with E-state index in [2.05, 4.69) is 14.7 Å². The van der Waals surface area contributed by atoms with Gasteiger partial charge in [0.2, 0.25) is 0 Å². The first-order valence-electron chi connectivity index (χ1n) is 3.72. The maximum absolute atomic E-state index is 11.2. The van der Waals surface area contributed by atoms with Gasteiger partial charge in [-0.15, -0.1) is 0 Å². The molecular formula is C8H10N2O2S. The smallest absolute Gasteiger partial charge is 0.342 e. The van der Waals surface area contributed by atoms with Crippen LogP contribution in [-0.2, 0) is 4.74 Å². The number of carbonyl (C=O) groups excluding carboxylic acids is 1. The van der Waals surface area contributed by atoms with Gasteiger partial charge in [-0.3, -0.25) is 0 Å². The quantitative estimate of drug-likeness (QED) is 0.549. The van der Waals surface area contributed by atoms with Crippen molar-refractivity contribution in [1.29, 1.82) is 0 Å². The molecule has 0 aliphatic heterocycles. The summed E-state index contributed by atoms with van der Waals surface area (Å²) >= 11 is 4.94. The Morgan fingerprint density at radius 2 is 2.15 bits per heavy atom. The maximum atomic E-state index is 11.2. The molecular weight excluding hydrogens is 188 g/mol. The van der Waals surface area contributed by atoms with E-state index in [9.17, 15) is 4.79 Å². The van der Waals surface area contributed by atoms with Crippen molar-refractivity contribution in [1.82, 2.24) is 9.97 Å². The lowest BCUT2D eigenvalue weighted by Gasteiger charge is -2.04. The van der Waals surface area contributed by atoms with Crippen molar-refractivity contribution in [3.63, 3.8) is 0 Å². The number of carbonyl (C=O) groups is 1. The minimum Gasteiger partial charge on any atom is -0.465 e. The minimum absolute atomic E-state index is 0.278. The fourth-order valence-electron chi connectivity index (χ4n) is 1.07. The summed E-state index contributed by atoms with van der Waals surface area (Å²) in [6.45, 7) is 3.54. The van der Waals surface area contributed by atoms with Crippen LogP contribution in [0.2, 0.25) is 0 Å². The molecule has 0 aromatic carbocycles. The van der Waals surface area contributed by atoms with Crippen LogP contribution in [0.5, 0.6) is 0 Å². The predicted molar refractivity (Wildman–Crippen MR) is 50.2 cm³/mol. The topological polar surface area (TPSA) is 55.0 Å². The fourth-order valence-corrected chi connectivity index (χ4v) is 1.45. The standard InChI is InChI=1S/C8H10N2O2S/c1-4-6(8(11)12-3)7(13)10-5(2)9-4/h1-3H3,(H,9,10,13). The summed E-state index contributed by atoms with van der Waals surface area (Å²) in [5, 5.41) is 0. The molecule has 4 nitrogen and oxygen atoms in total. The number of nitrogens with one attached hydrogen (secondary N) is 1. The van der Waals surface area contributed by atoms with Crippen LogP contribution in [0.1, 0.15) is 21.9 Å². The summed E-state index contributed by atoms with van der Waals surface area (Å²) in [5.74, 6) is 0.237. The highest BCUT2D eigenvalue weighted by molar-refractivity contribution is 7.71. The molecule has 1 heterocycles. The molecule has 1 N–H and O–H groups in total. The molecule has 1 aromatic rings. The fraction of sp³-hybridized carbons (Fsp3) is 0.375. The Labute approximate surface area is 81.0 Å². The third-order valence-corrected chi connectivity index (χ3v) is 1.91. The van der Waals surface area contributed by atoms with E-state index in [0.717, 1.165) is 0 Å². The first kappa shape index (κ1) is 9.85. The first-order chi connectivity index (χ1) is 6.06. The van der Waals surface area contributed by atoms with Gasteiger partial charge in [-0.25, -0.2) is 9.78 Å². The van der Waals surface area contributed by atoms with Crippen molar-refractivity contribution in [2.75, 3.05) is 7.11 Å². The summed E-state index contributed by atoms with van der Waals surface area (Å²) < 4.78 is 4.85. The van der Waals surface area contributed by atoms with Crippen molar-refractivity contribution in [2.45, 2.75) is 13.8 Å². The van der Waals surface area contributed by atoms with E-state index in [1.807, 2.05) is 0 Å². The van der Waals surface area contributed by atoms with Gasteiger partial charge < -0.3 is 9.72 Å². The zero-order valence-electron chi connectivity index (χ0n) is 7.67. The number of methoxy groups -OCH3 is 1.